The van der Waals surface area contributed by atoms with Gasteiger partial charge in [-0.2, -0.15) is 5.10 Å². The van der Waals surface area contributed by atoms with Crippen LogP contribution < -0.4 is 16.0 Å². The quantitative estimate of drug-likeness (QED) is 0.448. The van der Waals surface area contributed by atoms with Gasteiger partial charge in [0.2, 0.25) is 17.7 Å². The molecule has 10 heteroatoms. The van der Waals surface area contributed by atoms with E-state index in [-0.39, 0.29) is 41.9 Å². The van der Waals surface area contributed by atoms with Crippen LogP contribution in [-0.4, -0.2) is 50.4 Å². The molecule has 0 aromatic carbocycles. The Morgan fingerprint density at radius 1 is 1.31 bits per heavy atom. The predicted octanol–water partition coefficient (Wildman–Crippen LogP) is 1.18. The highest BCUT2D eigenvalue weighted by Crippen LogP contribution is 2.38. The monoisotopic (exact) mass is 482 g/mol. The van der Waals surface area contributed by atoms with E-state index in [2.05, 4.69) is 26.1 Å². The van der Waals surface area contributed by atoms with Crippen LogP contribution in [0.5, 0.6) is 0 Å². The number of Topliss-reactive ketones (excluding diaryl/α,β-unsaturated/α-hetero) is 1. The average molecular weight is 483 g/mol. The van der Waals surface area contributed by atoms with Gasteiger partial charge in [0.25, 0.3) is 0 Å². The number of aromatic amines is 1. The Balaban J connectivity index is 1.52. The Labute approximate surface area is 204 Å². The number of ketones is 1. The maximum atomic E-state index is 13.5. The molecule has 0 radical (unpaired) electrons. The van der Waals surface area contributed by atoms with Gasteiger partial charge in [0.05, 0.1) is 18.0 Å². The highest BCUT2D eigenvalue weighted by Gasteiger charge is 2.42. The Kier molecular flexibility index (Phi) is 7.37. The summed E-state index contributed by atoms with van der Waals surface area (Å²) in [6, 6.07) is 0.968. The molecule has 0 saturated carbocycles. The molecule has 4 N–H and O–H groups in total. The molecule has 35 heavy (non-hydrogen) atoms. The van der Waals surface area contributed by atoms with Gasteiger partial charge in [-0.25, -0.2) is 0 Å². The van der Waals surface area contributed by atoms with Crippen LogP contribution in [0.4, 0.5) is 0 Å². The van der Waals surface area contributed by atoms with Gasteiger partial charge in [0, 0.05) is 56.1 Å². The summed E-state index contributed by atoms with van der Waals surface area (Å²) in [5.74, 6) is -1.82. The van der Waals surface area contributed by atoms with Gasteiger partial charge < -0.3 is 20.5 Å². The number of carbonyl (C=O) groups is 4. The van der Waals surface area contributed by atoms with Gasteiger partial charge in [0.15, 0.2) is 0 Å². The number of hydrogen-bond donors (Lipinski definition) is 4. The first-order valence-electron chi connectivity index (χ1n) is 12.3. The van der Waals surface area contributed by atoms with E-state index in [9.17, 15) is 19.2 Å². The van der Waals surface area contributed by atoms with Gasteiger partial charge in [-0.3, -0.25) is 24.3 Å². The number of aromatic nitrogens is 3. The fraction of sp³-hybridized carbons (Fsp3) is 0.560. The van der Waals surface area contributed by atoms with E-state index in [1.54, 1.807) is 12.4 Å². The first-order valence-corrected chi connectivity index (χ1v) is 12.3. The molecule has 10 nitrogen and oxygen atoms in total. The van der Waals surface area contributed by atoms with Crippen molar-refractivity contribution >= 4 is 23.5 Å². The summed E-state index contributed by atoms with van der Waals surface area (Å²) in [7, 11) is 0. The zero-order valence-corrected chi connectivity index (χ0v) is 20.5. The molecule has 0 fully saturated rings. The zero-order chi connectivity index (χ0) is 25.1. The van der Waals surface area contributed by atoms with Crippen molar-refractivity contribution in [2.45, 2.75) is 77.5 Å². The van der Waals surface area contributed by atoms with Crippen LogP contribution in [0.3, 0.4) is 0 Å². The van der Waals surface area contributed by atoms with Gasteiger partial charge in [-0.05, 0) is 30.4 Å². The van der Waals surface area contributed by atoms with Crippen LogP contribution in [0, 0.1) is 11.8 Å². The molecular formula is C25H34N6O4. The molecule has 4 rings (SSSR count). The smallest absolute Gasteiger partial charge is 0.243 e. The molecule has 5 atom stereocenters. The molecule has 3 unspecified atom stereocenters. The largest absolute Gasteiger partial charge is 0.352 e. The number of nitrogens with one attached hydrogen (secondary N) is 4. The molecule has 0 saturated heterocycles. The number of nitrogens with zero attached hydrogens (tertiary/aromatic N) is 2. The second-order valence-corrected chi connectivity index (χ2v) is 9.77. The SMILES string of the molecule is CC[C@H](C)[C@H](NC(C)=O)C(=O)NC1CCc2ccn3c2C1C(=O)CC(C(=O)NCc1cn[nH]c1)C3. The molecule has 2 aliphatic rings. The van der Waals surface area contributed by atoms with E-state index in [4.69, 9.17) is 0 Å². The van der Waals surface area contributed by atoms with E-state index in [1.807, 2.05) is 30.7 Å². The van der Waals surface area contributed by atoms with Crippen molar-refractivity contribution in [2.75, 3.05) is 0 Å². The second kappa shape index (κ2) is 10.5. The summed E-state index contributed by atoms with van der Waals surface area (Å²) < 4.78 is 2.01. The van der Waals surface area contributed by atoms with E-state index in [0.29, 0.717) is 19.5 Å². The Morgan fingerprint density at radius 2 is 2.11 bits per heavy atom. The summed E-state index contributed by atoms with van der Waals surface area (Å²) in [5.41, 5.74) is 2.85. The molecular weight excluding hydrogens is 448 g/mol. The number of hydrogen-bond acceptors (Lipinski definition) is 5. The van der Waals surface area contributed by atoms with Gasteiger partial charge in [-0.1, -0.05) is 20.3 Å². The Hall–Kier alpha value is -3.43. The van der Waals surface area contributed by atoms with Crippen molar-refractivity contribution in [3.05, 3.63) is 41.5 Å². The highest BCUT2D eigenvalue weighted by atomic mass is 16.2. The number of amides is 3. The third kappa shape index (κ3) is 5.31. The first kappa shape index (κ1) is 24.7. The Morgan fingerprint density at radius 3 is 2.80 bits per heavy atom. The molecule has 3 heterocycles. The number of aryl methyl sites for hydroxylation is 1. The van der Waals surface area contributed by atoms with Crippen LogP contribution in [0.15, 0.2) is 24.7 Å². The molecule has 188 valence electrons. The molecule has 1 aliphatic carbocycles. The lowest BCUT2D eigenvalue weighted by Crippen LogP contribution is -2.54. The van der Waals surface area contributed by atoms with Gasteiger partial charge in [0.1, 0.15) is 11.8 Å². The third-order valence-corrected chi connectivity index (χ3v) is 7.30. The number of carbonyl (C=O) groups excluding carboxylic acids is 4. The summed E-state index contributed by atoms with van der Waals surface area (Å²) >= 11 is 0. The molecule has 2 aromatic heterocycles. The van der Waals surface area contributed by atoms with E-state index >= 15 is 0 Å². The number of H-pyrrole nitrogens is 1. The van der Waals surface area contributed by atoms with Gasteiger partial charge >= 0.3 is 0 Å². The van der Waals surface area contributed by atoms with Gasteiger partial charge in [-0.15, -0.1) is 0 Å². The van der Waals surface area contributed by atoms with Crippen molar-refractivity contribution in [1.82, 2.24) is 30.7 Å². The normalized spacial score (nSPS) is 22.9. The zero-order valence-electron chi connectivity index (χ0n) is 20.5. The van der Waals surface area contributed by atoms with Crippen LogP contribution in [-0.2, 0) is 38.7 Å². The van der Waals surface area contributed by atoms with Crippen molar-refractivity contribution in [3.63, 3.8) is 0 Å². The minimum absolute atomic E-state index is 0.0446. The predicted molar refractivity (Wildman–Crippen MR) is 128 cm³/mol. The standard InChI is InChI=1S/C25H34N6O4/c1-4-14(2)22(29-15(3)32)25(35)30-19-6-5-17-7-8-31-13-18(9-20(33)21(19)23(17)31)24(34)26-10-16-11-27-28-12-16/h7-8,11-12,14,18-19,21-22H,4-6,9-10,13H2,1-3H3,(H,26,34)(H,27,28)(H,29,32)(H,30,35)/t14-,18?,19?,21?,22-/m0/s1. The molecule has 0 spiro atoms. The molecule has 2 aromatic rings. The fourth-order valence-electron chi connectivity index (χ4n) is 5.23. The van der Waals surface area contributed by atoms with Crippen LogP contribution in [0.2, 0.25) is 0 Å². The van der Waals surface area contributed by atoms with Crippen LogP contribution in [0.25, 0.3) is 0 Å². The van der Waals surface area contributed by atoms with Crippen molar-refractivity contribution in [1.29, 1.82) is 0 Å². The minimum Gasteiger partial charge on any atom is -0.352 e. The molecule has 0 bridgehead atoms. The molecule has 3 amide bonds. The van der Waals surface area contributed by atoms with E-state index in [0.717, 1.165) is 29.7 Å². The topological polar surface area (TPSA) is 138 Å². The summed E-state index contributed by atoms with van der Waals surface area (Å²) in [6.45, 7) is 6.05. The van der Waals surface area contributed by atoms with E-state index < -0.39 is 17.9 Å². The van der Waals surface area contributed by atoms with Crippen molar-refractivity contribution in [3.8, 4) is 0 Å². The van der Waals surface area contributed by atoms with E-state index in [1.165, 1.54) is 6.92 Å². The minimum atomic E-state index is -0.659. The van der Waals surface area contributed by atoms with Crippen LogP contribution >= 0.6 is 0 Å². The summed E-state index contributed by atoms with van der Waals surface area (Å²) in [5, 5.41) is 15.4. The fourth-order valence-corrected chi connectivity index (χ4v) is 5.23. The van der Waals surface area contributed by atoms with Crippen molar-refractivity contribution < 1.29 is 19.2 Å². The lowest BCUT2D eigenvalue weighted by Gasteiger charge is -2.34. The highest BCUT2D eigenvalue weighted by molar-refractivity contribution is 5.93. The lowest BCUT2D eigenvalue weighted by molar-refractivity contribution is -0.132. The second-order valence-electron chi connectivity index (χ2n) is 9.77. The average Bonchev–Trinajstić information content (AvgIpc) is 3.46. The number of rotatable bonds is 8. The summed E-state index contributed by atoms with van der Waals surface area (Å²) in [6.07, 6.45) is 7.51. The lowest BCUT2D eigenvalue weighted by atomic mass is 9.79. The third-order valence-electron chi connectivity index (χ3n) is 7.30. The maximum Gasteiger partial charge on any atom is 0.243 e. The summed E-state index contributed by atoms with van der Waals surface area (Å²) in [4.78, 5) is 51.4. The molecule has 1 aliphatic heterocycles. The van der Waals surface area contributed by atoms with Crippen molar-refractivity contribution in [2.24, 2.45) is 11.8 Å². The first-order chi connectivity index (χ1) is 16.8. The Bertz CT molecular complexity index is 1090. The maximum absolute atomic E-state index is 13.5. The van der Waals surface area contributed by atoms with Crippen LogP contribution in [0.1, 0.15) is 62.8 Å².